The fourth-order valence-corrected chi connectivity index (χ4v) is 2.22. The maximum Gasteiger partial charge on any atom is 0.328 e. The van der Waals surface area contributed by atoms with Crippen LogP contribution in [0.2, 0.25) is 0 Å². The first-order valence-electron chi connectivity index (χ1n) is 5.68. The Bertz CT molecular complexity index is 687. The summed E-state index contributed by atoms with van der Waals surface area (Å²) in [5.74, 6) is -1.09. The third kappa shape index (κ3) is 4.40. The lowest BCUT2D eigenvalue weighted by atomic mass is 10.1. The monoisotopic (exact) mass is 294 g/mol. The highest BCUT2D eigenvalue weighted by molar-refractivity contribution is 7.93. The van der Waals surface area contributed by atoms with Crippen molar-refractivity contribution in [1.82, 2.24) is 0 Å². The summed E-state index contributed by atoms with van der Waals surface area (Å²) in [6.45, 7) is 3.03. The molecular weight excluding hydrogens is 280 g/mol. The minimum Gasteiger partial charge on any atom is -0.478 e. The zero-order valence-corrected chi connectivity index (χ0v) is 11.8. The van der Waals surface area contributed by atoms with Gasteiger partial charge >= 0.3 is 5.97 Å². The number of nitrogens with one attached hydrogen (secondary N) is 1. The average molecular weight is 294 g/mol. The number of nitrogens with zero attached hydrogens (tertiary/aromatic N) is 1. The molecule has 0 aliphatic carbocycles. The minimum absolute atomic E-state index is 0.289. The van der Waals surface area contributed by atoms with Gasteiger partial charge in [-0.15, -0.1) is 0 Å². The average Bonchev–Trinajstić information content (AvgIpc) is 2.34. The van der Waals surface area contributed by atoms with Gasteiger partial charge in [-0.05, 0) is 43.2 Å². The van der Waals surface area contributed by atoms with Crippen molar-refractivity contribution in [3.8, 4) is 6.07 Å². The predicted molar refractivity (Wildman–Crippen MR) is 75.5 cm³/mol. The van der Waals surface area contributed by atoms with Crippen molar-refractivity contribution in [3.63, 3.8) is 0 Å². The Labute approximate surface area is 117 Å². The van der Waals surface area contributed by atoms with Gasteiger partial charge in [-0.2, -0.15) is 5.26 Å². The van der Waals surface area contributed by atoms with E-state index in [9.17, 15) is 13.2 Å². The Morgan fingerprint density at radius 3 is 2.65 bits per heavy atom. The van der Waals surface area contributed by atoms with Gasteiger partial charge in [0.2, 0.25) is 10.0 Å². The molecular formula is C13H14N2O4S. The largest absolute Gasteiger partial charge is 0.478 e. The Balaban J connectivity index is 3.09. The molecule has 1 atom stereocenters. The van der Waals surface area contributed by atoms with E-state index in [1.54, 1.807) is 25.1 Å². The molecule has 0 fully saturated rings. The maximum absolute atomic E-state index is 11.8. The Morgan fingerprint density at radius 1 is 1.45 bits per heavy atom. The molecule has 106 valence electrons. The molecule has 1 aromatic carbocycles. The van der Waals surface area contributed by atoms with E-state index in [0.29, 0.717) is 5.56 Å². The van der Waals surface area contributed by atoms with Gasteiger partial charge in [0.1, 0.15) is 0 Å². The number of carbonyl (C=O) groups is 1. The molecule has 0 bridgehead atoms. The number of aliphatic carboxylic acids is 1. The summed E-state index contributed by atoms with van der Waals surface area (Å²) in [7, 11) is -3.78. The number of anilines is 1. The summed E-state index contributed by atoms with van der Waals surface area (Å²) in [6, 6.07) is 6.46. The van der Waals surface area contributed by atoms with Crippen LogP contribution in [0.5, 0.6) is 0 Å². The van der Waals surface area contributed by atoms with E-state index in [1.165, 1.54) is 19.1 Å². The van der Waals surface area contributed by atoms with Crippen LogP contribution in [0.1, 0.15) is 18.1 Å². The molecule has 0 aliphatic rings. The number of nitriles is 1. The highest BCUT2D eigenvalue weighted by Gasteiger charge is 2.20. The number of carboxylic acids is 1. The van der Waals surface area contributed by atoms with Crippen LogP contribution in [0.25, 0.3) is 6.08 Å². The standard InChI is InChI=1S/C13H14N2O4S/c1-9-5-11(3-4-13(16)17)7-12(6-9)15-20(18,19)10(2)8-14/h3-7,10,15H,1-2H3,(H,16,17)/b4-3+. The first-order chi connectivity index (χ1) is 9.24. The molecule has 0 amide bonds. The molecule has 0 aliphatic heterocycles. The smallest absolute Gasteiger partial charge is 0.328 e. The van der Waals surface area contributed by atoms with Crippen LogP contribution in [-0.4, -0.2) is 24.7 Å². The first-order valence-corrected chi connectivity index (χ1v) is 7.23. The van der Waals surface area contributed by atoms with E-state index in [4.69, 9.17) is 10.4 Å². The topological polar surface area (TPSA) is 107 Å². The van der Waals surface area contributed by atoms with Crippen molar-refractivity contribution in [2.75, 3.05) is 4.72 Å². The van der Waals surface area contributed by atoms with Crippen LogP contribution in [0.15, 0.2) is 24.3 Å². The van der Waals surface area contributed by atoms with E-state index in [2.05, 4.69) is 4.72 Å². The zero-order chi connectivity index (χ0) is 15.3. The second kappa shape index (κ2) is 6.21. The molecule has 1 rings (SSSR count). The molecule has 0 radical (unpaired) electrons. The molecule has 0 saturated carbocycles. The van der Waals surface area contributed by atoms with Crippen molar-refractivity contribution in [3.05, 3.63) is 35.4 Å². The quantitative estimate of drug-likeness (QED) is 0.804. The van der Waals surface area contributed by atoms with E-state index in [0.717, 1.165) is 11.6 Å². The van der Waals surface area contributed by atoms with Gasteiger partial charge in [0.15, 0.2) is 5.25 Å². The summed E-state index contributed by atoms with van der Waals surface area (Å²) >= 11 is 0. The number of hydrogen-bond donors (Lipinski definition) is 2. The maximum atomic E-state index is 11.8. The first kappa shape index (κ1) is 15.7. The third-order valence-electron chi connectivity index (χ3n) is 2.43. The van der Waals surface area contributed by atoms with Crippen LogP contribution >= 0.6 is 0 Å². The summed E-state index contributed by atoms with van der Waals surface area (Å²) in [5.41, 5.74) is 1.60. The number of aryl methyl sites for hydroxylation is 1. The van der Waals surface area contributed by atoms with Gasteiger partial charge in [-0.3, -0.25) is 4.72 Å². The Morgan fingerprint density at radius 2 is 2.10 bits per heavy atom. The molecule has 0 spiro atoms. The normalized spacial score (nSPS) is 12.8. The van der Waals surface area contributed by atoms with Crippen molar-refractivity contribution in [2.24, 2.45) is 0 Å². The molecule has 7 heteroatoms. The van der Waals surface area contributed by atoms with E-state index in [1.807, 2.05) is 0 Å². The van der Waals surface area contributed by atoms with Crippen molar-refractivity contribution in [1.29, 1.82) is 5.26 Å². The third-order valence-corrected chi connectivity index (χ3v) is 3.98. The molecule has 0 saturated heterocycles. The summed E-state index contributed by atoms with van der Waals surface area (Å²) in [4.78, 5) is 10.5. The lowest BCUT2D eigenvalue weighted by Gasteiger charge is -2.10. The number of carboxylic acid groups (broad SMARTS) is 1. The van der Waals surface area contributed by atoms with E-state index < -0.39 is 21.2 Å². The van der Waals surface area contributed by atoms with Gasteiger partial charge < -0.3 is 5.11 Å². The lowest BCUT2D eigenvalue weighted by Crippen LogP contribution is -2.23. The Hall–Kier alpha value is -2.33. The molecule has 0 aromatic heterocycles. The fraction of sp³-hybridized carbons (Fsp3) is 0.231. The van der Waals surface area contributed by atoms with Crippen LogP contribution in [-0.2, 0) is 14.8 Å². The van der Waals surface area contributed by atoms with Crippen molar-refractivity contribution >= 4 is 27.8 Å². The molecule has 6 nitrogen and oxygen atoms in total. The van der Waals surface area contributed by atoms with Crippen LogP contribution in [0.4, 0.5) is 5.69 Å². The zero-order valence-electron chi connectivity index (χ0n) is 11.0. The SMILES string of the molecule is Cc1cc(/C=C/C(=O)O)cc(NS(=O)(=O)C(C)C#N)c1. The number of hydrogen-bond acceptors (Lipinski definition) is 4. The van der Waals surface area contributed by atoms with Crippen LogP contribution in [0, 0.1) is 18.3 Å². The van der Waals surface area contributed by atoms with Gasteiger partial charge in [0.25, 0.3) is 0 Å². The van der Waals surface area contributed by atoms with Crippen LogP contribution in [0.3, 0.4) is 0 Å². The van der Waals surface area contributed by atoms with Crippen LogP contribution < -0.4 is 4.72 Å². The highest BCUT2D eigenvalue weighted by Crippen LogP contribution is 2.18. The van der Waals surface area contributed by atoms with E-state index >= 15 is 0 Å². The molecule has 1 unspecified atom stereocenters. The second-order valence-corrected chi connectivity index (χ2v) is 6.22. The molecule has 2 N–H and O–H groups in total. The van der Waals surface area contributed by atoms with Gasteiger partial charge in [0.05, 0.1) is 6.07 Å². The van der Waals surface area contributed by atoms with Gasteiger partial charge in [-0.25, -0.2) is 13.2 Å². The molecule has 1 aromatic rings. The van der Waals surface area contributed by atoms with Gasteiger partial charge in [-0.1, -0.05) is 6.07 Å². The fourth-order valence-electron chi connectivity index (χ4n) is 1.46. The summed E-state index contributed by atoms with van der Waals surface area (Å²) in [6.07, 6.45) is 2.33. The van der Waals surface area contributed by atoms with Crippen molar-refractivity contribution in [2.45, 2.75) is 19.1 Å². The number of sulfonamides is 1. The number of benzene rings is 1. The molecule has 0 heterocycles. The minimum atomic E-state index is -3.78. The summed E-state index contributed by atoms with van der Waals surface area (Å²) < 4.78 is 25.9. The molecule has 20 heavy (non-hydrogen) atoms. The Kier molecular flexibility index (Phi) is 4.88. The lowest BCUT2D eigenvalue weighted by molar-refractivity contribution is -0.131. The predicted octanol–water partition coefficient (Wildman–Crippen LogP) is 1.75. The van der Waals surface area contributed by atoms with Gasteiger partial charge in [0, 0.05) is 11.8 Å². The second-order valence-electron chi connectivity index (χ2n) is 4.22. The number of rotatable bonds is 5. The van der Waals surface area contributed by atoms with E-state index in [-0.39, 0.29) is 5.69 Å². The summed E-state index contributed by atoms with van der Waals surface area (Å²) in [5, 5.41) is 16.0. The van der Waals surface area contributed by atoms with Crippen molar-refractivity contribution < 1.29 is 18.3 Å². The highest BCUT2D eigenvalue weighted by atomic mass is 32.2.